The second kappa shape index (κ2) is 10.2. The number of rotatable bonds is 6. The zero-order valence-corrected chi connectivity index (χ0v) is 17.1. The zero-order chi connectivity index (χ0) is 22.4. The molecule has 0 atom stereocenters. The van der Waals surface area contributed by atoms with Crippen LogP contribution in [0.1, 0.15) is 20.7 Å². The van der Waals surface area contributed by atoms with E-state index < -0.39 is 18.4 Å². The summed E-state index contributed by atoms with van der Waals surface area (Å²) >= 11 is 5.97. The molecule has 7 nitrogen and oxygen atoms in total. The second-order valence-corrected chi connectivity index (χ2v) is 7.12. The number of halogens is 3. The lowest BCUT2D eigenvalue weighted by Gasteiger charge is -2.35. The molecule has 10 heteroatoms. The number of nitrogens with one attached hydrogen (secondary N) is 1. The minimum absolute atomic E-state index is 0.0366. The molecule has 0 aliphatic carbocycles. The minimum atomic E-state index is -3.04. The van der Waals surface area contributed by atoms with E-state index in [9.17, 15) is 23.2 Å². The van der Waals surface area contributed by atoms with E-state index in [0.29, 0.717) is 0 Å². The van der Waals surface area contributed by atoms with Gasteiger partial charge in [-0.3, -0.25) is 14.4 Å². The van der Waals surface area contributed by atoms with Gasteiger partial charge in [-0.1, -0.05) is 35.9 Å². The number of amides is 3. The van der Waals surface area contributed by atoms with Crippen LogP contribution in [0.5, 0.6) is 5.75 Å². The van der Waals surface area contributed by atoms with E-state index in [0.717, 1.165) is 0 Å². The fraction of sp³-hybridized carbons (Fsp3) is 0.286. The summed E-state index contributed by atoms with van der Waals surface area (Å²) in [7, 11) is 0. The van der Waals surface area contributed by atoms with Crippen molar-refractivity contribution in [1.82, 2.24) is 15.1 Å². The lowest BCUT2D eigenvalue weighted by Crippen LogP contribution is -2.52. The monoisotopic (exact) mass is 451 g/mol. The molecule has 1 aliphatic heterocycles. The van der Waals surface area contributed by atoms with Crippen LogP contribution in [0.15, 0.2) is 48.5 Å². The number of hydrogen-bond acceptors (Lipinski definition) is 4. The van der Waals surface area contributed by atoms with Crippen LogP contribution < -0.4 is 10.1 Å². The molecule has 0 unspecified atom stereocenters. The number of carbonyl (C=O) groups excluding carboxylic acids is 3. The maximum absolute atomic E-state index is 12.7. The number of piperazine rings is 1. The van der Waals surface area contributed by atoms with E-state index in [1.807, 2.05) is 0 Å². The number of alkyl halides is 2. The van der Waals surface area contributed by atoms with Gasteiger partial charge in [0, 0.05) is 26.2 Å². The van der Waals surface area contributed by atoms with E-state index in [-0.39, 0.29) is 60.5 Å². The molecule has 0 bridgehead atoms. The molecule has 3 amide bonds. The van der Waals surface area contributed by atoms with Gasteiger partial charge in [0.1, 0.15) is 5.75 Å². The third kappa shape index (κ3) is 5.69. The number of para-hydroxylation sites is 1. The summed E-state index contributed by atoms with van der Waals surface area (Å²) in [6, 6.07) is 12.3. The van der Waals surface area contributed by atoms with Gasteiger partial charge in [0.25, 0.3) is 11.8 Å². The second-order valence-electron chi connectivity index (χ2n) is 6.71. The first-order chi connectivity index (χ1) is 14.9. The Bertz CT molecular complexity index is 965. The summed E-state index contributed by atoms with van der Waals surface area (Å²) in [5.41, 5.74) is 0.312. The van der Waals surface area contributed by atoms with Gasteiger partial charge in [-0.15, -0.1) is 0 Å². The number of nitrogens with zero attached hydrogens (tertiary/aromatic N) is 2. The minimum Gasteiger partial charge on any atom is -0.434 e. The highest BCUT2D eigenvalue weighted by molar-refractivity contribution is 6.33. The highest BCUT2D eigenvalue weighted by Gasteiger charge is 2.27. The standard InChI is InChI=1S/C21H20ClF2N3O4/c22-16-7-3-1-5-14(16)19(29)25-13-18(28)26-9-11-27(12-10-26)20(30)15-6-2-4-8-17(15)31-21(23)24/h1-8,21H,9-13H2,(H,25,29). The summed E-state index contributed by atoms with van der Waals surface area (Å²) in [4.78, 5) is 40.3. The van der Waals surface area contributed by atoms with Crippen LogP contribution in [0.4, 0.5) is 8.78 Å². The normalized spacial score (nSPS) is 13.8. The van der Waals surface area contributed by atoms with Crippen molar-refractivity contribution in [2.75, 3.05) is 32.7 Å². The fourth-order valence-electron chi connectivity index (χ4n) is 3.18. The summed E-state index contributed by atoms with van der Waals surface area (Å²) in [6.45, 7) is -2.28. The predicted octanol–water partition coefficient (Wildman–Crippen LogP) is 2.66. The van der Waals surface area contributed by atoms with Crippen LogP contribution in [0.2, 0.25) is 5.02 Å². The Morgan fingerprint density at radius 2 is 1.52 bits per heavy atom. The first-order valence-electron chi connectivity index (χ1n) is 9.50. The Labute approximate surface area is 182 Å². The smallest absolute Gasteiger partial charge is 0.387 e. The highest BCUT2D eigenvalue weighted by Crippen LogP contribution is 2.22. The van der Waals surface area contributed by atoms with Gasteiger partial charge in [0.05, 0.1) is 22.7 Å². The van der Waals surface area contributed by atoms with Gasteiger partial charge in [-0.05, 0) is 24.3 Å². The third-order valence-corrected chi connectivity index (χ3v) is 5.10. The van der Waals surface area contributed by atoms with Crippen molar-refractivity contribution in [3.05, 3.63) is 64.7 Å². The van der Waals surface area contributed by atoms with E-state index in [1.165, 1.54) is 28.0 Å². The van der Waals surface area contributed by atoms with Crippen molar-refractivity contribution in [2.24, 2.45) is 0 Å². The molecular weight excluding hydrogens is 432 g/mol. The zero-order valence-electron chi connectivity index (χ0n) is 16.4. The van der Waals surface area contributed by atoms with E-state index in [1.54, 1.807) is 30.3 Å². The van der Waals surface area contributed by atoms with Crippen LogP contribution in [0, 0.1) is 0 Å². The maximum atomic E-state index is 12.7. The molecule has 3 rings (SSSR count). The van der Waals surface area contributed by atoms with E-state index in [2.05, 4.69) is 10.1 Å². The molecule has 0 saturated carbocycles. The Hall–Kier alpha value is -3.20. The number of ether oxygens (including phenoxy) is 1. The SMILES string of the molecule is O=C(NCC(=O)N1CCN(C(=O)c2ccccc2OC(F)F)CC1)c1ccccc1Cl. The van der Waals surface area contributed by atoms with Crippen molar-refractivity contribution >= 4 is 29.3 Å². The maximum Gasteiger partial charge on any atom is 0.387 e. The van der Waals surface area contributed by atoms with Gasteiger partial charge >= 0.3 is 6.61 Å². The topological polar surface area (TPSA) is 79.0 Å². The van der Waals surface area contributed by atoms with Crippen LogP contribution in [-0.2, 0) is 4.79 Å². The molecule has 1 fully saturated rings. The third-order valence-electron chi connectivity index (χ3n) is 4.77. The van der Waals surface area contributed by atoms with Crippen molar-refractivity contribution in [3.8, 4) is 5.75 Å². The molecule has 1 heterocycles. The molecule has 31 heavy (non-hydrogen) atoms. The molecule has 0 aromatic heterocycles. The lowest BCUT2D eigenvalue weighted by molar-refractivity contribution is -0.131. The van der Waals surface area contributed by atoms with Crippen LogP contribution in [0.25, 0.3) is 0 Å². The molecule has 0 radical (unpaired) electrons. The van der Waals surface area contributed by atoms with Gasteiger partial charge < -0.3 is 19.9 Å². The number of hydrogen-bond donors (Lipinski definition) is 1. The summed E-state index contributed by atoms with van der Waals surface area (Å²) in [5.74, 6) is -1.39. The molecule has 2 aromatic rings. The van der Waals surface area contributed by atoms with Crippen LogP contribution in [0.3, 0.4) is 0 Å². The van der Waals surface area contributed by atoms with E-state index in [4.69, 9.17) is 11.6 Å². The molecule has 164 valence electrons. The van der Waals surface area contributed by atoms with Crippen molar-refractivity contribution in [1.29, 1.82) is 0 Å². The summed E-state index contributed by atoms with van der Waals surface area (Å²) in [5, 5.41) is 2.83. The first kappa shape index (κ1) is 22.5. The van der Waals surface area contributed by atoms with Crippen molar-refractivity contribution < 1.29 is 27.9 Å². The van der Waals surface area contributed by atoms with Crippen molar-refractivity contribution in [2.45, 2.75) is 6.61 Å². The van der Waals surface area contributed by atoms with Gasteiger partial charge in [0.15, 0.2) is 0 Å². The molecule has 2 aromatic carbocycles. The molecule has 1 aliphatic rings. The molecule has 1 N–H and O–H groups in total. The van der Waals surface area contributed by atoms with Crippen LogP contribution in [-0.4, -0.2) is 66.9 Å². The molecule has 1 saturated heterocycles. The number of carbonyl (C=O) groups is 3. The Morgan fingerprint density at radius 1 is 0.935 bits per heavy atom. The largest absolute Gasteiger partial charge is 0.434 e. The Balaban J connectivity index is 1.52. The highest BCUT2D eigenvalue weighted by atomic mass is 35.5. The number of benzene rings is 2. The molecule has 0 spiro atoms. The summed E-state index contributed by atoms with van der Waals surface area (Å²) in [6.07, 6.45) is 0. The van der Waals surface area contributed by atoms with Gasteiger partial charge in [-0.25, -0.2) is 0 Å². The molecular formula is C21H20ClF2N3O4. The Kier molecular flexibility index (Phi) is 7.41. The predicted molar refractivity (Wildman–Crippen MR) is 109 cm³/mol. The van der Waals surface area contributed by atoms with Gasteiger partial charge in [0.2, 0.25) is 5.91 Å². The quantitative estimate of drug-likeness (QED) is 0.732. The first-order valence-corrected chi connectivity index (χ1v) is 9.88. The van der Waals surface area contributed by atoms with Crippen LogP contribution >= 0.6 is 11.6 Å². The average molecular weight is 452 g/mol. The van der Waals surface area contributed by atoms with Crippen molar-refractivity contribution in [3.63, 3.8) is 0 Å². The Morgan fingerprint density at radius 3 is 2.16 bits per heavy atom. The fourth-order valence-corrected chi connectivity index (χ4v) is 3.40. The lowest BCUT2D eigenvalue weighted by atomic mass is 10.1. The van der Waals surface area contributed by atoms with Gasteiger partial charge in [-0.2, -0.15) is 8.78 Å². The summed E-state index contributed by atoms with van der Waals surface area (Å²) < 4.78 is 29.6. The average Bonchev–Trinajstić information content (AvgIpc) is 2.77. The van der Waals surface area contributed by atoms with E-state index >= 15 is 0 Å².